The molecule has 1 aliphatic heterocycles. The predicted octanol–water partition coefficient (Wildman–Crippen LogP) is 1.52. The molecule has 0 spiro atoms. The van der Waals surface area contributed by atoms with Crippen molar-refractivity contribution in [2.24, 2.45) is 0 Å². The van der Waals surface area contributed by atoms with Gasteiger partial charge in [-0.1, -0.05) is 25.6 Å². The molecule has 0 bridgehead atoms. The first kappa shape index (κ1) is 16.1. The van der Waals surface area contributed by atoms with E-state index in [-0.39, 0.29) is 7.43 Å². The van der Waals surface area contributed by atoms with Crippen LogP contribution in [0.1, 0.15) is 7.43 Å². The molecule has 1 atom stereocenters. The third-order valence-corrected chi connectivity index (χ3v) is 4.00. The number of rotatable bonds is 4. The summed E-state index contributed by atoms with van der Waals surface area (Å²) in [6.07, 6.45) is 0. The van der Waals surface area contributed by atoms with Crippen molar-refractivity contribution in [2.75, 3.05) is 45.2 Å². The van der Waals surface area contributed by atoms with Crippen LogP contribution in [0.25, 0.3) is 0 Å². The fourth-order valence-corrected chi connectivity index (χ4v) is 2.72. The van der Waals surface area contributed by atoms with Gasteiger partial charge in [0, 0.05) is 46.0 Å². The highest BCUT2D eigenvalue weighted by molar-refractivity contribution is 7.77. The monoisotopic (exact) mass is 285 g/mol. The van der Waals surface area contributed by atoms with Gasteiger partial charge in [0.2, 0.25) is 0 Å². The van der Waals surface area contributed by atoms with Crippen molar-refractivity contribution in [1.82, 2.24) is 9.37 Å². The number of piperazine rings is 1. The molecule has 0 radical (unpaired) electrons. The molecule has 1 heterocycles. The Hall–Kier alpha value is -0.950. The summed E-state index contributed by atoms with van der Waals surface area (Å²) >= 11 is -1.38. The van der Waals surface area contributed by atoms with Crippen molar-refractivity contribution in [3.05, 3.63) is 30.3 Å². The van der Waals surface area contributed by atoms with Gasteiger partial charge in [0.1, 0.15) is 0 Å². The molecule has 0 amide bonds. The van der Waals surface area contributed by atoms with Gasteiger partial charge < -0.3 is 4.90 Å². The maximum absolute atomic E-state index is 11.8. The quantitative estimate of drug-likeness (QED) is 0.786. The molecule has 108 valence electrons. The summed E-state index contributed by atoms with van der Waals surface area (Å²) in [7, 11) is 3.47. The molecule has 1 aromatic rings. The number of anilines is 1. The largest absolute Gasteiger partial charge is 0.369 e. The molecule has 1 aromatic carbocycles. The van der Waals surface area contributed by atoms with Crippen LogP contribution in [0.3, 0.4) is 0 Å². The lowest BCUT2D eigenvalue weighted by Crippen LogP contribution is -2.47. The second-order valence-corrected chi connectivity index (χ2v) is 5.46. The molecule has 0 aromatic heterocycles. The third kappa shape index (κ3) is 4.58. The summed E-state index contributed by atoms with van der Waals surface area (Å²) in [5.41, 5.74) is 1.22. The van der Waals surface area contributed by atoms with Crippen LogP contribution in [0, 0.1) is 0 Å². The molecule has 1 fully saturated rings. The van der Waals surface area contributed by atoms with Crippen molar-refractivity contribution >= 4 is 17.0 Å². The van der Waals surface area contributed by atoms with Gasteiger partial charge in [-0.15, -0.1) is 0 Å². The Labute approximate surface area is 118 Å². The zero-order valence-electron chi connectivity index (χ0n) is 10.8. The maximum Gasteiger partial charge on any atom is 0.255 e. The number of hydrogen-bond donors (Lipinski definition) is 0. The molecule has 1 unspecified atom stereocenters. The third-order valence-electron chi connectivity index (χ3n) is 2.78. The van der Waals surface area contributed by atoms with E-state index in [2.05, 4.69) is 17.0 Å². The van der Waals surface area contributed by atoms with Crippen LogP contribution in [0.2, 0.25) is 0 Å². The Morgan fingerprint density at radius 3 is 2.21 bits per heavy atom. The molecule has 2 rings (SSSR count). The zero-order chi connectivity index (χ0) is 13.0. The molecular formula is C13H23N3O2S. The smallest absolute Gasteiger partial charge is 0.255 e. The lowest BCUT2D eigenvalue weighted by atomic mass is 10.2. The van der Waals surface area contributed by atoms with Crippen molar-refractivity contribution in [1.29, 1.82) is 0 Å². The number of hydrogen-bond acceptors (Lipinski definition) is 4. The standard InChI is InChI=1S/C12H19N3O2S.CH4/c1-13(2)17-18(16)15-10-8-14(9-11-15)12-6-4-3-5-7-12;/h3-7H,8-11H2,1-2H3;1H4. The lowest BCUT2D eigenvalue weighted by Gasteiger charge is -2.34. The van der Waals surface area contributed by atoms with Gasteiger partial charge in [0.05, 0.1) is 0 Å². The number of nitrogens with zero attached hydrogens (tertiary/aromatic N) is 3. The molecular weight excluding hydrogens is 262 g/mol. The minimum absolute atomic E-state index is 0. The van der Waals surface area contributed by atoms with Gasteiger partial charge in [-0.05, 0) is 12.1 Å². The minimum atomic E-state index is -1.38. The second kappa shape index (κ2) is 7.59. The average Bonchev–Trinajstić information content (AvgIpc) is 2.39. The molecule has 1 saturated heterocycles. The van der Waals surface area contributed by atoms with Gasteiger partial charge in [0.25, 0.3) is 11.3 Å². The summed E-state index contributed by atoms with van der Waals surface area (Å²) in [5, 5.41) is 1.47. The topological polar surface area (TPSA) is 36.0 Å². The van der Waals surface area contributed by atoms with Gasteiger partial charge >= 0.3 is 0 Å². The molecule has 0 aliphatic carbocycles. The highest BCUT2D eigenvalue weighted by atomic mass is 32.2. The fraction of sp³-hybridized carbons (Fsp3) is 0.538. The fourth-order valence-electron chi connectivity index (χ4n) is 1.91. The number of hydroxylamine groups is 2. The number of benzene rings is 1. The molecule has 5 nitrogen and oxygen atoms in total. The van der Waals surface area contributed by atoms with E-state index in [0.717, 1.165) is 26.2 Å². The van der Waals surface area contributed by atoms with Gasteiger partial charge in [-0.2, -0.15) is 13.7 Å². The van der Waals surface area contributed by atoms with Crippen molar-refractivity contribution in [3.8, 4) is 0 Å². The van der Waals surface area contributed by atoms with E-state index in [4.69, 9.17) is 4.28 Å². The Balaban J connectivity index is 0.00000180. The van der Waals surface area contributed by atoms with E-state index < -0.39 is 11.3 Å². The van der Waals surface area contributed by atoms with Crippen LogP contribution < -0.4 is 4.90 Å². The lowest BCUT2D eigenvalue weighted by molar-refractivity contribution is 0.00549. The Kier molecular flexibility index (Phi) is 6.44. The molecule has 1 aliphatic rings. The van der Waals surface area contributed by atoms with Gasteiger partial charge in [-0.3, -0.25) is 0 Å². The zero-order valence-corrected chi connectivity index (χ0v) is 11.6. The Morgan fingerprint density at radius 1 is 1.11 bits per heavy atom. The van der Waals surface area contributed by atoms with E-state index >= 15 is 0 Å². The van der Waals surface area contributed by atoms with Crippen molar-refractivity contribution in [2.45, 2.75) is 7.43 Å². The minimum Gasteiger partial charge on any atom is -0.369 e. The maximum atomic E-state index is 11.8. The first-order valence-corrected chi connectivity index (χ1v) is 7.02. The van der Waals surface area contributed by atoms with Crippen LogP contribution >= 0.6 is 0 Å². The predicted molar refractivity (Wildman–Crippen MR) is 79.9 cm³/mol. The van der Waals surface area contributed by atoms with Crippen molar-refractivity contribution in [3.63, 3.8) is 0 Å². The summed E-state index contributed by atoms with van der Waals surface area (Å²) in [4.78, 5) is 2.30. The Morgan fingerprint density at radius 2 is 1.68 bits per heavy atom. The van der Waals surface area contributed by atoms with Gasteiger partial charge in [-0.25, -0.2) is 4.21 Å². The number of para-hydroxylation sites is 1. The molecule has 19 heavy (non-hydrogen) atoms. The van der Waals surface area contributed by atoms with Crippen LogP contribution in [0.15, 0.2) is 30.3 Å². The Bertz CT molecular complexity index is 392. The molecule has 0 N–H and O–H groups in total. The molecule has 0 saturated carbocycles. The van der Waals surface area contributed by atoms with E-state index in [1.807, 2.05) is 22.5 Å². The normalized spacial score (nSPS) is 18.2. The van der Waals surface area contributed by atoms with Crippen LogP contribution in [-0.4, -0.2) is 53.9 Å². The molecule has 6 heteroatoms. The van der Waals surface area contributed by atoms with Crippen LogP contribution in [0.5, 0.6) is 0 Å². The highest BCUT2D eigenvalue weighted by Crippen LogP contribution is 2.16. The summed E-state index contributed by atoms with van der Waals surface area (Å²) in [6, 6.07) is 10.3. The SMILES string of the molecule is C.CN(C)OS(=O)N1CCN(c2ccccc2)CC1. The summed E-state index contributed by atoms with van der Waals surface area (Å²) in [6.45, 7) is 3.23. The highest BCUT2D eigenvalue weighted by Gasteiger charge is 2.22. The van der Waals surface area contributed by atoms with E-state index in [1.165, 1.54) is 10.8 Å². The first-order valence-electron chi connectivity index (χ1n) is 5.99. The second-order valence-electron chi connectivity index (χ2n) is 4.36. The van der Waals surface area contributed by atoms with Crippen LogP contribution in [0.4, 0.5) is 5.69 Å². The van der Waals surface area contributed by atoms with E-state index in [1.54, 1.807) is 14.1 Å². The van der Waals surface area contributed by atoms with E-state index in [9.17, 15) is 4.21 Å². The average molecular weight is 285 g/mol. The summed E-state index contributed by atoms with van der Waals surface area (Å²) < 4.78 is 18.8. The van der Waals surface area contributed by atoms with Crippen LogP contribution in [-0.2, 0) is 15.6 Å². The van der Waals surface area contributed by atoms with Gasteiger partial charge in [0.15, 0.2) is 0 Å². The first-order chi connectivity index (χ1) is 8.66. The summed E-state index contributed by atoms with van der Waals surface area (Å²) in [5.74, 6) is 0. The van der Waals surface area contributed by atoms with E-state index in [0.29, 0.717) is 0 Å². The van der Waals surface area contributed by atoms with Crippen molar-refractivity contribution < 1.29 is 8.49 Å².